The monoisotopic (exact) mass is 336 g/mol. The van der Waals surface area contributed by atoms with Gasteiger partial charge in [-0.15, -0.1) is 0 Å². The van der Waals surface area contributed by atoms with Gasteiger partial charge in [0.15, 0.2) is 0 Å². The topological polar surface area (TPSA) is 64.7 Å². The fourth-order valence-electron chi connectivity index (χ4n) is 4.34. The minimum atomic E-state index is -0.191. The quantitative estimate of drug-likeness (QED) is 0.821. The van der Waals surface area contributed by atoms with Crippen LogP contribution < -0.4 is 10.6 Å². The Balaban J connectivity index is 1.38. The molecule has 0 bridgehead atoms. The minimum Gasteiger partial charge on any atom is -0.340 e. The van der Waals surface area contributed by atoms with E-state index in [4.69, 9.17) is 0 Å². The van der Waals surface area contributed by atoms with E-state index in [1.807, 2.05) is 4.90 Å². The highest BCUT2D eigenvalue weighted by Gasteiger charge is 2.29. The molecule has 24 heavy (non-hydrogen) atoms. The summed E-state index contributed by atoms with van der Waals surface area (Å²) in [7, 11) is 0. The van der Waals surface area contributed by atoms with Crippen molar-refractivity contribution in [1.29, 1.82) is 0 Å². The number of hydrogen-bond donors (Lipinski definition) is 2. The van der Waals surface area contributed by atoms with Crippen molar-refractivity contribution in [3.63, 3.8) is 0 Å². The second kappa shape index (κ2) is 8.70. The SMILES string of the molecule is O=C(NCC(=O)N1CCC[C@H](N2CCCC2)C1)NC1CCCCC1. The summed E-state index contributed by atoms with van der Waals surface area (Å²) in [4.78, 5) is 28.9. The molecule has 0 spiro atoms. The van der Waals surface area contributed by atoms with Gasteiger partial charge in [0.25, 0.3) is 0 Å². The Morgan fingerprint density at radius 3 is 2.38 bits per heavy atom. The third kappa shape index (κ3) is 4.85. The molecule has 6 nitrogen and oxygen atoms in total. The van der Waals surface area contributed by atoms with Crippen LogP contribution in [0, 0.1) is 0 Å². The van der Waals surface area contributed by atoms with Gasteiger partial charge in [-0.25, -0.2) is 4.79 Å². The van der Waals surface area contributed by atoms with Crippen LogP contribution in [-0.2, 0) is 4.79 Å². The summed E-state index contributed by atoms with van der Waals surface area (Å²) in [5, 5.41) is 5.76. The van der Waals surface area contributed by atoms with Gasteiger partial charge in [0, 0.05) is 25.2 Å². The third-order valence-corrected chi connectivity index (χ3v) is 5.75. The van der Waals surface area contributed by atoms with Crippen LogP contribution in [-0.4, -0.2) is 66.5 Å². The standard InChI is InChI=1S/C18H32N4O2/c23-17(13-19-18(24)20-15-7-2-1-3-8-15)22-12-6-9-16(14-22)21-10-4-5-11-21/h15-16H,1-14H2,(H2,19,20,24)/t16-/m0/s1. The van der Waals surface area contributed by atoms with Crippen molar-refractivity contribution in [3.8, 4) is 0 Å². The van der Waals surface area contributed by atoms with Crippen molar-refractivity contribution in [2.24, 2.45) is 0 Å². The molecule has 0 radical (unpaired) electrons. The molecular weight excluding hydrogens is 304 g/mol. The highest BCUT2D eigenvalue weighted by Crippen LogP contribution is 2.20. The van der Waals surface area contributed by atoms with Gasteiger partial charge in [0.05, 0.1) is 6.54 Å². The number of carbonyl (C=O) groups is 2. The number of piperidine rings is 1. The average Bonchev–Trinajstić information content (AvgIpc) is 3.15. The predicted molar refractivity (Wildman–Crippen MR) is 93.8 cm³/mol. The smallest absolute Gasteiger partial charge is 0.315 e. The number of amides is 3. The lowest BCUT2D eigenvalue weighted by Gasteiger charge is -2.37. The lowest BCUT2D eigenvalue weighted by Crippen LogP contribution is -2.52. The first kappa shape index (κ1) is 17.5. The third-order valence-electron chi connectivity index (χ3n) is 5.75. The molecule has 0 aromatic heterocycles. The Kier molecular flexibility index (Phi) is 6.35. The van der Waals surface area contributed by atoms with E-state index < -0.39 is 0 Å². The molecule has 1 atom stereocenters. The van der Waals surface area contributed by atoms with Crippen molar-refractivity contribution < 1.29 is 9.59 Å². The molecule has 1 saturated carbocycles. The first-order chi connectivity index (χ1) is 11.7. The Hall–Kier alpha value is -1.30. The minimum absolute atomic E-state index is 0.0534. The number of hydrogen-bond acceptors (Lipinski definition) is 3. The molecule has 0 aromatic carbocycles. The van der Waals surface area contributed by atoms with E-state index in [1.165, 1.54) is 51.6 Å². The maximum absolute atomic E-state index is 12.4. The molecule has 2 aliphatic heterocycles. The summed E-state index contributed by atoms with van der Waals surface area (Å²) in [5.41, 5.74) is 0. The van der Waals surface area contributed by atoms with Gasteiger partial charge in [0.1, 0.15) is 0 Å². The molecule has 2 saturated heterocycles. The normalized spacial score (nSPS) is 26.3. The van der Waals surface area contributed by atoms with E-state index >= 15 is 0 Å². The molecule has 0 aromatic rings. The molecule has 3 fully saturated rings. The molecule has 1 aliphatic carbocycles. The van der Waals surface area contributed by atoms with E-state index in [-0.39, 0.29) is 24.5 Å². The van der Waals surface area contributed by atoms with Crippen LogP contribution in [0.5, 0.6) is 0 Å². The van der Waals surface area contributed by atoms with Crippen LogP contribution in [0.4, 0.5) is 4.79 Å². The predicted octanol–water partition coefficient (Wildman–Crippen LogP) is 1.71. The highest BCUT2D eigenvalue weighted by molar-refractivity contribution is 5.84. The van der Waals surface area contributed by atoms with E-state index in [9.17, 15) is 9.59 Å². The summed E-state index contributed by atoms with van der Waals surface area (Å²) in [6, 6.07) is 0.605. The molecule has 136 valence electrons. The van der Waals surface area contributed by atoms with E-state index in [2.05, 4.69) is 15.5 Å². The van der Waals surface area contributed by atoms with Crippen molar-refractivity contribution in [3.05, 3.63) is 0 Å². The molecule has 2 N–H and O–H groups in total. The fourth-order valence-corrected chi connectivity index (χ4v) is 4.34. The zero-order valence-corrected chi connectivity index (χ0v) is 14.8. The number of nitrogens with one attached hydrogen (secondary N) is 2. The molecule has 3 amide bonds. The number of carbonyl (C=O) groups excluding carboxylic acids is 2. The largest absolute Gasteiger partial charge is 0.340 e. The Bertz CT molecular complexity index is 431. The summed E-state index contributed by atoms with van der Waals surface area (Å²) < 4.78 is 0. The van der Waals surface area contributed by atoms with Crippen LogP contribution in [0.2, 0.25) is 0 Å². The number of rotatable bonds is 4. The highest BCUT2D eigenvalue weighted by atomic mass is 16.2. The lowest BCUT2D eigenvalue weighted by molar-refractivity contribution is -0.132. The second-order valence-corrected chi connectivity index (χ2v) is 7.54. The number of nitrogens with zero attached hydrogens (tertiary/aromatic N) is 2. The number of urea groups is 1. The summed E-state index contributed by atoms with van der Waals surface area (Å²) in [6.45, 7) is 4.12. The zero-order chi connectivity index (χ0) is 16.8. The van der Waals surface area contributed by atoms with Crippen molar-refractivity contribution >= 4 is 11.9 Å². The first-order valence-electron chi connectivity index (χ1n) is 9.78. The van der Waals surface area contributed by atoms with Gasteiger partial charge < -0.3 is 15.5 Å². The van der Waals surface area contributed by atoms with Gasteiger partial charge in [-0.3, -0.25) is 9.69 Å². The van der Waals surface area contributed by atoms with Crippen LogP contribution >= 0.6 is 0 Å². The van der Waals surface area contributed by atoms with Gasteiger partial charge in [0.2, 0.25) is 5.91 Å². The Labute approximate surface area is 145 Å². The molecule has 2 heterocycles. The van der Waals surface area contributed by atoms with Crippen molar-refractivity contribution in [2.75, 3.05) is 32.7 Å². The molecule has 6 heteroatoms. The van der Waals surface area contributed by atoms with Gasteiger partial charge >= 0.3 is 6.03 Å². The Morgan fingerprint density at radius 1 is 0.875 bits per heavy atom. The zero-order valence-electron chi connectivity index (χ0n) is 14.8. The van der Waals surface area contributed by atoms with Gasteiger partial charge in [-0.05, 0) is 51.6 Å². The van der Waals surface area contributed by atoms with Crippen LogP contribution in [0.15, 0.2) is 0 Å². The van der Waals surface area contributed by atoms with Crippen LogP contribution in [0.3, 0.4) is 0 Å². The summed E-state index contributed by atoms with van der Waals surface area (Å²) >= 11 is 0. The molecule has 3 aliphatic rings. The van der Waals surface area contributed by atoms with E-state index in [1.54, 1.807) is 0 Å². The van der Waals surface area contributed by atoms with Gasteiger partial charge in [-0.1, -0.05) is 19.3 Å². The first-order valence-corrected chi connectivity index (χ1v) is 9.78. The average molecular weight is 336 g/mol. The van der Waals surface area contributed by atoms with Crippen molar-refractivity contribution in [1.82, 2.24) is 20.4 Å². The Morgan fingerprint density at radius 2 is 1.62 bits per heavy atom. The molecule has 0 unspecified atom stereocenters. The van der Waals surface area contributed by atoms with E-state index in [0.29, 0.717) is 6.04 Å². The summed E-state index contributed by atoms with van der Waals surface area (Å²) in [6.07, 6.45) is 10.6. The van der Waals surface area contributed by atoms with Crippen LogP contribution in [0.25, 0.3) is 0 Å². The lowest BCUT2D eigenvalue weighted by atomic mass is 9.96. The second-order valence-electron chi connectivity index (χ2n) is 7.54. The molecule has 3 rings (SSSR count). The summed E-state index contributed by atoms with van der Waals surface area (Å²) in [5.74, 6) is 0.0534. The maximum atomic E-state index is 12.4. The molecular formula is C18H32N4O2. The number of likely N-dealkylation sites (tertiary alicyclic amines) is 2. The van der Waals surface area contributed by atoms with Crippen molar-refractivity contribution in [2.45, 2.75) is 69.9 Å². The van der Waals surface area contributed by atoms with Gasteiger partial charge in [-0.2, -0.15) is 0 Å². The van der Waals surface area contributed by atoms with E-state index in [0.717, 1.165) is 32.4 Å². The maximum Gasteiger partial charge on any atom is 0.315 e. The fraction of sp³-hybridized carbons (Fsp3) is 0.889. The van der Waals surface area contributed by atoms with Crippen LogP contribution in [0.1, 0.15) is 57.8 Å².